The first-order valence-electron chi connectivity index (χ1n) is 5.85. The van der Waals surface area contributed by atoms with Crippen LogP contribution in [0.5, 0.6) is 0 Å². The second-order valence-corrected chi connectivity index (χ2v) is 5.38. The molecule has 0 aliphatic carbocycles. The lowest BCUT2D eigenvalue weighted by molar-refractivity contribution is 0.138. The average Bonchev–Trinajstić information content (AvgIpc) is 2.07. The third kappa shape index (κ3) is 13.7. The third-order valence-electron chi connectivity index (χ3n) is 2.15. The van der Waals surface area contributed by atoms with Crippen LogP contribution in [0.25, 0.3) is 0 Å². The molecule has 90 valence electrons. The Bertz CT molecular complexity index is 170. The summed E-state index contributed by atoms with van der Waals surface area (Å²) in [6.07, 6.45) is 2.18. The van der Waals surface area contributed by atoms with Crippen LogP contribution in [0.2, 0.25) is 0 Å². The molecule has 0 spiro atoms. The molecule has 0 rings (SSSR count). The summed E-state index contributed by atoms with van der Waals surface area (Å²) in [7, 11) is 0. The van der Waals surface area contributed by atoms with Gasteiger partial charge in [0.2, 0.25) is 0 Å². The fourth-order valence-electron chi connectivity index (χ4n) is 1.08. The molecule has 0 atom stereocenters. The molecule has 0 heterocycles. The first kappa shape index (κ1) is 14.7. The van der Waals surface area contributed by atoms with Crippen LogP contribution < -0.4 is 5.32 Å². The van der Waals surface area contributed by atoms with Gasteiger partial charge in [-0.05, 0) is 31.7 Å². The van der Waals surface area contributed by atoms with Gasteiger partial charge in [0.1, 0.15) is 0 Å². The Hall–Kier alpha value is -0.340. The Morgan fingerprint density at radius 1 is 1.20 bits per heavy atom. The summed E-state index contributed by atoms with van der Waals surface area (Å²) in [6, 6.07) is 0. The van der Waals surface area contributed by atoms with Gasteiger partial charge < -0.3 is 10.1 Å². The van der Waals surface area contributed by atoms with Gasteiger partial charge in [0, 0.05) is 6.54 Å². The van der Waals surface area contributed by atoms with E-state index in [2.05, 4.69) is 32.7 Å². The lowest BCUT2D eigenvalue weighted by Crippen LogP contribution is -2.24. The van der Waals surface area contributed by atoms with Crippen molar-refractivity contribution in [2.45, 2.75) is 40.5 Å². The predicted octanol–water partition coefficient (Wildman–Crippen LogP) is 3.00. The first-order chi connectivity index (χ1) is 6.92. The second kappa shape index (κ2) is 7.89. The summed E-state index contributed by atoms with van der Waals surface area (Å²) in [5.41, 5.74) is 1.61. The van der Waals surface area contributed by atoms with E-state index in [1.54, 1.807) is 0 Å². The van der Waals surface area contributed by atoms with Crippen LogP contribution in [0.3, 0.4) is 0 Å². The summed E-state index contributed by atoms with van der Waals surface area (Å²) in [4.78, 5) is 0. The summed E-state index contributed by atoms with van der Waals surface area (Å²) < 4.78 is 5.45. The van der Waals surface area contributed by atoms with E-state index < -0.39 is 0 Å². The Morgan fingerprint density at radius 3 is 2.40 bits per heavy atom. The number of ether oxygens (including phenoxy) is 1. The molecule has 0 aromatic rings. The summed E-state index contributed by atoms with van der Waals surface area (Å²) in [5, 5.41) is 3.38. The van der Waals surface area contributed by atoms with Crippen molar-refractivity contribution in [3.8, 4) is 0 Å². The normalized spacial score (nSPS) is 11.7. The summed E-state index contributed by atoms with van der Waals surface area (Å²) in [6.45, 7) is 16.3. The number of nitrogens with one attached hydrogen (secondary N) is 1. The highest BCUT2D eigenvalue weighted by Gasteiger charge is 2.08. The maximum atomic E-state index is 5.45. The van der Waals surface area contributed by atoms with Crippen molar-refractivity contribution in [2.75, 3.05) is 26.3 Å². The van der Waals surface area contributed by atoms with Gasteiger partial charge in [0.15, 0.2) is 0 Å². The highest BCUT2D eigenvalue weighted by atomic mass is 16.5. The van der Waals surface area contributed by atoms with Gasteiger partial charge in [-0.3, -0.25) is 0 Å². The van der Waals surface area contributed by atoms with Crippen molar-refractivity contribution in [1.82, 2.24) is 5.32 Å². The van der Waals surface area contributed by atoms with E-state index in [9.17, 15) is 0 Å². The monoisotopic (exact) mass is 213 g/mol. The zero-order valence-electron chi connectivity index (χ0n) is 10.9. The molecule has 0 aliphatic rings. The first-order valence-corrected chi connectivity index (χ1v) is 5.85. The van der Waals surface area contributed by atoms with E-state index in [0.717, 1.165) is 32.7 Å². The molecule has 0 saturated heterocycles. The number of hydrogen-bond acceptors (Lipinski definition) is 2. The van der Waals surface area contributed by atoms with Gasteiger partial charge >= 0.3 is 0 Å². The van der Waals surface area contributed by atoms with Gasteiger partial charge in [0.25, 0.3) is 0 Å². The van der Waals surface area contributed by atoms with Crippen molar-refractivity contribution < 1.29 is 4.74 Å². The van der Waals surface area contributed by atoms with Crippen LogP contribution in [0.4, 0.5) is 0 Å². The van der Waals surface area contributed by atoms with Crippen LogP contribution in [0.15, 0.2) is 12.2 Å². The topological polar surface area (TPSA) is 21.3 Å². The zero-order chi connectivity index (χ0) is 11.7. The molecule has 0 aromatic carbocycles. The van der Waals surface area contributed by atoms with Crippen LogP contribution in [-0.4, -0.2) is 26.3 Å². The van der Waals surface area contributed by atoms with Crippen molar-refractivity contribution in [2.24, 2.45) is 5.41 Å². The van der Waals surface area contributed by atoms with E-state index in [-0.39, 0.29) is 0 Å². The van der Waals surface area contributed by atoms with E-state index in [0.29, 0.717) is 5.41 Å². The maximum Gasteiger partial charge on any atom is 0.0591 e. The fraction of sp³-hybridized carbons (Fsp3) is 0.846. The molecule has 0 aliphatic heterocycles. The molecule has 2 nitrogen and oxygen atoms in total. The number of hydrogen-bond donors (Lipinski definition) is 1. The minimum absolute atomic E-state index is 0.424. The summed E-state index contributed by atoms with van der Waals surface area (Å²) >= 11 is 0. The van der Waals surface area contributed by atoms with Gasteiger partial charge in [-0.15, -0.1) is 6.58 Å². The fourth-order valence-corrected chi connectivity index (χ4v) is 1.08. The molecule has 1 N–H and O–H groups in total. The Balaban J connectivity index is 3.09. The molecular formula is C13H27NO. The Morgan fingerprint density at radius 2 is 1.87 bits per heavy atom. The Labute approximate surface area is 95.1 Å². The van der Waals surface area contributed by atoms with E-state index >= 15 is 0 Å². The highest BCUT2D eigenvalue weighted by Crippen LogP contribution is 2.16. The molecule has 0 saturated carbocycles. The summed E-state index contributed by atoms with van der Waals surface area (Å²) in [5.74, 6) is 0. The Kier molecular flexibility index (Phi) is 7.71. The SMILES string of the molecule is C=C(C)CCOCCNCCC(C)(C)C. The molecule has 0 amide bonds. The lowest BCUT2D eigenvalue weighted by Gasteiger charge is -2.18. The van der Waals surface area contributed by atoms with E-state index in [1.165, 1.54) is 12.0 Å². The molecule has 0 bridgehead atoms. The van der Waals surface area contributed by atoms with Crippen LogP contribution >= 0.6 is 0 Å². The lowest BCUT2D eigenvalue weighted by atomic mass is 9.92. The molecule has 15 heavy (non-hydrogen) atoms. The van der Waals surface area contributed by atoms with Crippen molar-refractivity contribution in [1.29, 1.82) is 0 Å². The second-order valence-electron chi connectivity index (χ2n) is 5.38. The minimum atomic E-state index is 0.424. The van der Waals surface area contributed by atoms with Gasteiger partial charge in [0.05, 0.1) is 13.2 Å². The van der Waals surface area contributed by atoms with Crippen LogP contribution in [0, 0.1) is 5.41 Å². The van der Waals surface area contributed by atoms with Gasteiger partial charge in [-0.25, -0.2) is 0 Å². The predicted molar refractivity (Wildman–Crippen MR) is 67.2 cm³/mol. The maximum absolute atomic E-state index is 5.45. The minimum Gasteiger partial charge on any atom is -0.380 e. The molecule has 0 unspecified atom stereocenters. The van der Waals surface area contributed by atoms with Gasteiger partial charge in [-0.1, -0.05) is 26.3 Å². The van der Waals surface area contributed by atoms with Gasteiger partial charge in [-0.2, -0.15) is 0 Å². The van der Waals surface area contributed by atoms with Crippen molar-refractivity contribution in [3.05, 3.63) is 12.2 Å². The van der Waals surface area contributed by atoms with Crippen molar-refractivity contribution in [3.63, 3.8) is 0 Å². The zero-order valence-corrected chi connectivity index (χ0v) is 10.9. The smallest absolute Gasteiger partial charge is 0.0591 e. The quantitative estimate of drug-likeness (QED) is 0.494. The molecular weight excluding hydrogens is 186 g/mol. The largest absolute Gasteiger partial charge is 0.380 e. The number of rotatable bonds is 8. The van der Waals surface area contributed by atoms with E-state index in [1.807, 2.05) is 6.92 Å². The highest BCUT2D eigenvalue weighted by molar-refractivity contribution is 4.87. The third-order valence-corrected chi connectivity index (χ3v) is 2.15. The van der Waals surface area contributed by atoms with Crippen LogP contribution in [0.1, 0.15) is 40.5 Å². The average molecular weight is 213 g/mol. The van der Waals surface area contributed by atoms with Crippen molar-refractivity contribution >= 4 is 0 Å². The molecule has 0 radical (unpaired) electrons. The standard InChI is InChI=1S/C13H27NO/c1-12(2)6-10-15-11-9-14-8-7-13(3,4)5/h14H,1,6-11H2,2-5H3. The molecule has 2 heteroatoms. The van der Waals surface area contributed by atoms with E-state index in [4.69, 9.17) is 4.74 Å². The molecule has 0 fully saturated rings. The molecule has 0 aromatic heterocycles. The van der Waals surface area contributed by atoms with Crippen LogP contribution in [-0.2, 0) is 4.74 Å².